The number of fused-ring (bicyclic) bond motifs is 1. The Morgan fingerprint density at radius 1 is 1.09 bits per heavy atom. The molecule has 0 atom stereocenters. The zero-order chi connectivity index (χ0) is 15.5. The van der Waals surface area contributed by atoms with Gasteiger partial charge in [-0.3, -0.25) is 5.32 Å². The van der Waals surface area contributed by atoms with E-state index < -0.39 is 0 Å². The largest absolute Gasteiger partial charge is 0.444 e. The number of rotatable bonds is 4. The number of hydrogen-bond acceptors (Lipinski definition) is 3. The van der Waals surface area contributed by atoms with Crippen molar-refractivity contribution in [2.24, 2.45) is 0 Å². The van der Waals surface area contributed by atoms with Crippen LogP contribution in [-0.2, 0) is 17.8 Å². The lowest BCUT2D eigenvalue weighted by Crippen LogP contribution is -2.20. The SMILES string of the molecule is CN(C)CCc1ccc(-c2ccc3c(c2)COC(=O)N3)cc1. The van der Waals surface area contributed by atoms with Crippen molar-refractivity contribution in [2.45, 2.75) is 13.0 Å². The Balaban J connectivity index is 1.78. The van der Waals surface area contributed by atoms with E-state index in [0.29, 0.717) is 6.61 Å². The monoisotopic (exact) mass is 296 g/mol. The summed E-state index contributed by atoms with van der Waals surface area (Å²) in [4.78, 5) is 13.4. The third-order valence-electron chi connectivity index (χ3n) is 3.84. The molecular weight excluding hydrogens is 276 g/mol. The van der Waals surface area contributed by atoms with Crippen LogP contribution in [0.4, 0.5) is 10.5 Å². The Kier molecular flexibility index (Phi) is 4.11. The molecule has 1 N–H and O–H groups in total. The molecule has 0 spiro atoms. The van der Waals surface area contributed by atoms with Crippen molar-refractivity contribution in [1.82, 2.24) is 4.90 Å². The lowest BCUT2D eigenvalue weighted by Gasteiger charge is -2.18. The van der Waals surface area contributed by atoms with Crippen LogP contribution in [0.25, 0.3) is 11.1 Å². The highest BCUT2D eigenvalue weighted by atomic mass is 16.5. The maximum absolute atomic E-state index is 11.2. The molecular formula is C18H20N2O2. The molecule has 3 rings (SSSR count). The predicted octanol–water partition coefficient (Wildman–Crippen LogP) is 3.52. The number of hydrogen-bond donors (Lipinski definition) is 1. The zero-order valence-corrected chi connectivity index (χ0v) is 12.9. The first kappa shape index (κ1) is 14.6. The number of anilines is 1. The van der Waals surface area contributed by atoms with Crippen molar-refractivity contribution in [3.8, 4) is 11.1 Å². The first-order chi connectivity index (χ1) is 10.6. The van der Waals surface area contributed by atoms with Gasteiger partial charge in [0.2, 0.25) is 0 Å². The van der Waals surface area contributed by atoms with Crippen LogP contribution in [0.2, 0.25) is 0 Å². The molecule has 1 aliphatic rings. The van der Waals surface area contributed by atoms with Gasteiger partial charge in [0.25, 0.3) is 0 Å². The molecule has 22 heavy (non-hydrogen) atoms. The summed E-state index contributed by atoms with van der Waals surface area (Å²) in [6, 6.07) is 14.7. The number of amides is 1. The molecule has 0 aliphatic carbocycles. The quantitative estimate of drug-likeness (QED) is 0.938. The minimum absolute atomic E-state index is 0.329. The van der Waals surface area contributed by atoms with Crippen molar-refractivity contribution >= 4 is 11.8 Å². The molecule has 1 aliphatic heterocycles. The van der Waals surface area contributed by atoms with Gasteiger partial charge in [-0.1, -0.05) is 30.3 Å². The summed E-state index contributed by atoms with van der Waals surface area (Å²) in [6.07, 6.45) is 0.669. The molecule has 2 aromatic rings. The molecule has 0 radical (unpaired) electrons. The highest BCUT2D eigenvalue weighted by Crippen LogP contribution is 2.28. The molecule has 0 saturated heterocycles. The van der Waals surface area contributed by atoms with Crippen molar-refractivity contribution in [2.75, 3.05) is 26.0 Å². The lowest BCUT2D eigenvalue weighted by molar-refractivity contribution is 0.151. The maximum Gasteiger partial charge on any atom is 0.411 e. The van der Waals surface area contributed by atoms with Crippen LogP contribution >= 0.6 is 0 Å². The summed E-state index contributed by atoms with van der Waals surface area (Å²) in [5.74, 6) is 0. The Morgan fingerprint density at radius 2 is 1.82 bits per heavy atom. The highest BCUT2D eigenvalue weighted by molar-refractivity contribution is 5.88. The first-order valence-electron chi connectivity index (χ1n) is 7.42. The van der Waals surface area contributed by atoms with Crippen LogP contribution in [0.5, 0.6) is 0 Å². The molecule has 0 fully saturated rings. The van der Waals surface area contributed by atoms with Crippen LogP contribution in [-0.4, -0.2) is 31.6 Å². The second-order valence-corrected chi connectivity index (χ2v) is 5.82. The van der Waals surface area contributed by atoms with Crippen molar-refractivity contribution in [3.63, 3.8) is 0 Å². The number of benzene rings is 2. The number of nitrogens with zero attached hydrogens (tertiary/aromatic N) is 1. The van der Waals surface area contributed by atoms with Gasteiger partial charge in [0.05, 0.1) is 5.69 Å². The van der Waals surface area contributed by atoms with Gasteiger partial charge in [-0.05, 0) is 49.3 Å². The van der Waals surface area contributed by atoms with E-state index >= 15 is 0 Å². The summed E-state index contributed by atoms with van der Waals surface area (Å²) < 4.78 is 5.01. The smallest absolute Gasteiger partial charge is 0.411 e. The average molecular weight is 296 g/mol. The second-order valence-electron chi connectivity index (χ2n) is 5.82. The molecule has 1 heterocycles. The topological polar surface area (TPSA) is 41.6 Å². The van der Waals surface area contributed by atoms with Gasteiger partial charge in [0, 0.05) is 12.1 Å². The number of likely N-dealkylation sites (N-methyl/N-ethyl adjacent to an activating group) is 1. The van der Waals surface area contributed by atoms with E-state index in [1.807, 2.05) is 12.1 Å². The summed E-state index contributed by atoms with van der Waals surface area (Å²) in [6.45, 7) is 1.38. The fourth-order valence-electron chi connectivity index (χ4n) is 2.52. The number of cyclic esters (lactones) is 1. The normalized spacial score (nSPS) is 13.5. The molecule has 2 aromatic carbocycles. The summed E-state index contributed by atoms with van der Waals surface area (Å²) >= 11 is 0. The zero-order valence-electron chi connectivity index (χ0n) is 12.9. The summed E-state index contributed by atoms with van der Waals surface area (Å²) in [5, 5.41) is 2.71. The third kappa shape index (κ3) is 3.28. The van der Waals surface area contributed by atoms with Gasteiger partial charge in [-0.15, -0.1) is 0 Å². The highest BCUT2D eigenvalue weighted by Gasteiger charge is 2.15. The van der Waals surface area contributed by atoms with E-state index in [1.165, 1.54) is 11.1 Å². The summed E-state index contributed by atoms with van der Waals surface area (Å²) in [5.41, 5.74) is 5.49. The van der Waals surface area contributed by atoms with E-state index in [-0.39, 0.29) is 6.09 Å². The molecule has 0 bridgehead atoms. The second kappa shape index (κ2) is 6.20. The molecule has 4 nitrogen and oxygen atoms in total. The lowest BCUT2D eigenvalue weighted by atomic mass is 10.00. The van der Waals surface area contributed by atoms with Gasteiger partial charge in [-0.2, -0.15) is 0 Å². The van der Waals surface area contributed by atoms with E-state index in [9.17, 15) is 4.79 Å². The maximum atomic E-state index is 11.2. The molecule has 114 valence electrons. The molecule has 0 aromatic heterocycles. The molecule has 0 saturated carbocycles. The van der Waals surface area contributed by atoms with Crippen LogP contribution in [0, 0.1) is 0 Å². The Hall–Kier alpha value is -2.33. The van der Waals surface area contributed by atoms with Crippen molar-refractivity contribution in [3.05, 3.63) is 53.6 Å². The van der Waals surface area contributed by atoms with E-state index in [2.05, 4.69) is 54.6 Å². The van der Waals surface area contributed by atoms with Crippen molar-refractivity contribution < 1.29 is 9.53 Å². The number of carbonyl (C=O) groups is 1. The number of ether oxygens (including phenoxy) is 1. The van der Waals surface area contributed by atoms with Crippen LogP contribution < -0.4 is 5.32 Å². The van der Waals surface area contributed by atoms with Crippen LogP contribution in [0.1, 0.15) is 11.1 Å². The minimum Gasteiger partial charge on any atom is -0.444 e. The van der Waals surface area contributed by atoms with Crippen molar-refractivity contribution in [1.29, 1.82) is 0 Å². The molecule has 0 unspecified atom stereocenters. The Labute approximate surface area is 130 Å². The fraction of sp³-hybridized carbons (Fsp3) is 0.278. The standard InChI is InChI=1S/C18H20N2O2/c1-20(2)10-9-13-3-5-14(6-4-13)15-7-8-17-16(11-15)12-22-18(21)19-17/h3-8,11H,9-10,12H2,1-2H3,(H,19,21). The Morgan fingerprint density at radius 3 is 2.55 bits per heavy atom. The van der Waals surface area contributed by atoms with Crippen LogP contribution in [0.15, 0.2) is 42.5 Å². The Bertz CT molecular complexity index is 678. The van der Waals surface area contributed by atoms with Gasteiger partial charge in [0.1, 0.15) is 6.61 Å². The molecule has 4 heteroatoms. The predicted molar refractivity (Wildman–Crippen MR) is 87.9 cm³/mol. The van der Waals surface area contributed by atoms with E-state index in [4.69, 9.17) is 4.74 Å². The fourth-order valence-corrected chi connectivity index (χ4v) is 2.52. The van der Waals surface area contributed by atoms with Crippen LogP contribution in [0.3, 0.4) is 0 Å². The van der Waals surface area contributed by atoms with Gasteiger partial charge < -0.3 is 9.64 Å². The van der Waals surface area contributed by atoms with Gasteiger partial charge >= 0.3 is 6.09 Å². The van der Waals surface area contributed by atoms with Gasteiger partial charge in [0.15, 0.2) is 0 Å². The summed E-state index contributed by atoms with van der Waals surface area (Å²) in [7, 11) is 4.17. The van der Waals surface area contributed by atoms with E-state index in [1.54, 1.807) is 0 Å². The minimum atomic E-state index is -0.384. The third-order valence-corrected chi connectivity index (χ3v) is 3.84. The first-order valence-corrected chi connectivity index (χ1v) is 7.42. The molecule has 1 amide bonds. The van der Waals surface area contributed by atoms with Gasteiger partial charge in [-0.25, -0.2) is 4.79 Å². The number of carbonyl (C=O) groups excluding carboxylic acids is 1. The average Bonchev–Trinajstić information content (AvgIpc) is 2.53. The van der Waals surface area contributed by atoms with E-state index in [0.717, 1.165) is 29.8 Å². The number of nitrogens with one attached hydrogen (secondary N) is 1.